The van der Waals surface area contributed by atoms with Crippen molar-refractivity contribution >= 4 is 27.3 Å². The first-order valence-electron chi connectivity index (χ1n) is 4.57. The van der Waals surface area contributed by atoms with Crippen LogP contribution in [-0.4, -0.2) is 14.7 Å². The van der Waals surface area contributed by atoms with Gasteiger partial charge in [0.1, 0.15) is 0 Å². The summed E-state index contributed by atoms with van der Waals surface area (Å²) in [5.74, 6) is 0.263. The van der Waals surface area contributed by atoms with Gasteiger partial charge >= 0.3 is 0 Å². The number of nitrogens with one attached hydrogen (secondary N) is 1. The Hall–Kier alpha value is -0.740. The Morgan fingerprint density at radius 1 is 1.33 bits per heavy atom. The minimum atomic E-state index is -3.23. The molecular formula is C10H14ClNO2S. The molecule has 84 valence electrons. The van der Waals surface area contributed by atoms with Crippen LogP contribution in [0.2, 0.25) is 5.02 Å². The van der Waals surface area contributed by atoms with Gasteiger partial charge in [0, 0.05) is 10.7 Å². The smallest absolute Gasteiger partial charge is 0.229 e. The summed E-state index contributed by atoms with van der Waals surface area (Å²) in [5.41, 5.74) is 1.48. The minimum Gasteiger partial charge on any atom is -0.284 e. The van der Waals surface area contributed by atoms with Crippen LogP contribution < -0.4 is 4.72 Å². The highest BCUT2D eigenvalue weighted by Crippen LogP contribution is 2.27. The monoisotopic (exact) mass is 247 g/mol. The van der Waals surface area contributed by atoms with E-state index in [1.54, 1.807) is 18.2 Å². The van der Waals surface area contributed by atoms with Gasteiger partial charge in [0.2, 0.25) is 10.0 Å². The molecule has 15 heavy (non-hydrogen) atoms. The van der Waals surface area contributed by atoms with Crippen LogP contribution in [0.1, 0.15) is 25.3 Å². The van der Waals surface area contributed by atoms with Crippen molar-refractivity contribution in [3.05, 3.63) is 28.8 Å². The first-order valence-corrected chi connectivity index (χ1v) is 6.84. The lowest BCUT2D eigenvalue weighted by Gasteiger charge is -2.11. The molecule has 0 unspecified atom stereocenters. The lowest BCUT2D eigenvalue weighted by atomic mass is 10.0. The molecule has 0 fully saturated rings. The van der Waals surface area contributed by atoms with E-state index in [-0.39, 0.29) is 5.92 Å². The van der Waals surface area contributed by atoms with E-state index in [1.807, 2.05) is 13.8 Å². The molecule has 1 aromatic carbocycles. The maximum atomic E-state index is 11.0. The van der Waals surface area contributed by atoms with Crippen LogP contribution in [0.25, 0.3) is 0 Å². The summed E-state index contributed by atoms with van der Waals surface area (Å²) in [6.45, 7) is 4.01. The molecule has 0 saturated carbocycles. The number of benzene rings is 1. The summed E-state index contributed by atoms with van der Waals surface area (Å²) in [4.78, 5) is 0. The molecule has 5 heteroatoms. The third-order valence-corrected chi connectivity index (χ3v) is 2.87. The highest BCUT2D eigenvalue weighted by atomic mass is 35.5. The van der Waals surface area contributed by atoms with Crippen molar-refractivity contribution in [3.63, 3.8) is 0 Å². The highest BCUT2D eigenvalue weighted by Gasteiger charge is 2.08. The van der Waals surface area contributed by atoms with Gasteiger partial charge in [0.15, 0.2) is 0 Å². The standard InChI is InChI=1S/C10H14ClNO2S/c1-7(2)9-6-8(4-5-10(9)11)12-15(3,13)14/h4-7,12H,1-3H3. The van der Waals surface area contributed by atoms with Crippen molar-refractivity contribution in [3.8, 4) is 0 Å². The second-order valence-electron chi connectivity index (χ2n) is 3.77. The molecule has 0 spiro atoms. The van der Waals surface area contributed by atoms with Gasteiger partial charge in [-0.15, -0.1) is 0 Å². The molecule has 0 aliphatic rings. The SMILES string of the molecule is CC(C)c1cc(NS(C)(=O)=O)ccc1Cl. The normalized spacial score (nSPS) is 11.8. The van der Waals surface area contributed by atoms with Gasteiger partial charge in [-0.25, -0.2) is 8.42 Å². The third kappa shape index (κ3) is 3.72. The lowest BCUT2D eigenvalue weighted by Crippen LogP contribution is -2.09. The van der Waals surface area contributed by atoms with Crippen LogP contribution >= 0.6 is 11.6 Å². The maximum Gasteiger partial charge on any atom is 0.229 e. The minimum absolute atomic E-state index is 0.263. The Kier molecular flexibility index (Phi) is 3.62. The summed E-state index contributed by atoms with van der Waals surface area (Å²) in [5, 5.41) is 0.657. The van der Waals surface area contributed by atoms with Gasteiger partial charge < -0.3 is 0 Å². The number of hydrogen-bond donors (Lipinski definition) is 1. The van der Waals surface area contributed by atoms with Crippen LogP contribution in [0.15, 0.2) is 18.2 Å². The van der Waals surface area contributed by atoms with Gasteiger partial charge in [-0.2, -0.15) is 0 Å². The number of halogens is 1. The first kappa shape index (κ1) is 12.3. The van der Waals surface area contributed by atoms with Crippen molar-refractivity contribution < 1.29 is 8.42 Å². The fourth-order valence-electron chi connectivity index (χ4n) is 1.26. The Labute approximate surface area is 95.5 Å². The quantitative estimate of drug-likeness (QED) is 0.893. The molecule has 0 aromatic heterocycles. The molecule has 0 amide bonds. The molecule has 1 aromatic rings. The van der Waals surface area contributed by atoms with Crippen LogP contribution in [-0.2, 0) is 10.0 Å². The van der Waals surface area contributed by atoms with Crippen LogP contribution in [0.5, 0.6) is 0 Å². The lowest BCUT2D eigenvalue weighted by molar-refractivity contribution is 0.607. The Balaban J connectivity index is 3.08. The van der Waals surface area contributed by atoms with Gasteiger partial charge in [-0.3, -0.25) is 4.72 Å². The summed E-state index contributed by atoms with van der Waals surface area (Å²) < 4.78 is 24.5. The number of sulfonamides is 1. The van der Waals surface area contributed by atoms with Crippen molar-refractivity contribution in [2.75, 3.05) is 11.0 Å². The molecule has 1 N–H and O–H groups in total. The fourth-order valence-corrected chi connectivity index (χ4v) is 2.15. The van der Waals surface area contributed by atoms with E-state index in [0.717, 1.165) is 11.8 Å². The molecule has 0 atom stereocenters. The van der Waals surface area contributed by atoms with Crippen molar-refractivity contribution in [2.45, 2.75) is 19.8 Å². The Morgan fingerprint density at radius 3 is 2.40 bits per heavy atom. The summed E-state index contributed by atoms with van der Waals surface area (Å²) in [6.07, 6.45) is 1.12. The van der Waals surface area contributed by atoms with E-state index in [4.69, 9.17) is 11.6 Å². The van der Waals surface area contributed by atoms with Crippen molar-refractivity contribution in [1.82, 2.24) is 0 Å². The van der Waals surface area contributed by atoms with Gasteiger partial charge in [0.25, 0.3) is 0 Å². The molecule has 1 rings (SSSR count). The zero-order valence-corrected chi connectivity index (χ0v) is 10.5. The second-order valence-corrected chi connectivity index (χ2v) is 5.92. The number of rotatable bonds is 3. The summed E-state index contributed by atoms with van der Waals surface area (Å²) in [7, 11) is -3.23. The van der Waals surface area contributed by atoms with Crippen LogP contribution in [0.3, 0.4) is 0 Å². The Morgan fingerprint density at radius 2 is 1.93 bits per heavy atom. The Bertz CT molecular complexity index is 454. The molecule has 0 saturated heterocycles. The maximum absolute atomic E-state index is 11.0. The molecule has 0 aliphatic carbocycles. The zero-order chi connectivity index (χ0) is 11.6. The average Bonchev–Trinajstić information content (AvgIpc) is 2.05. The molecule has 0 heterocycles. The molecule has 0 bridgehead atoms. The van der Waals surface area contributed by atoms with E-state index in [0.29, 0.717) is 10.7 Å². The average molecular weight is 248 g/mol. The zero-order valence-electron chi connectivity index (χ0n) is 8.91. The molecule has 0 aliphatic heterocycles. The van der Waals surface area contributed by atoms with E-state index >= 15 is 0 Å². The topological polar surface area (TPSA) is 46.2 Å². The van der Waals surface area contributed by atoms with Crippen LogP contribution in [0, 0.1) is 0 Å². The predicted octanol–water partition coefficient (Wildman–Crippen LogP) is 2.83. The first-order chi connectivity index (χ1) is 6.79. The van der Waals surface area contributed by atoms with E-state index in [1.165, 1.54) is 0 Å². The van der Waals surface area contributed by atoms with E-state index in [9.17, 15) is 8.42 Å². The highest BCUT2D eigenvalue weighted by molar-refractivity contribution is 7.92. The van der Waals surface area contributed by atoms with Crippen LogP contribution in [0.4, 0.5) is 5.69 Å². The van der Waals surface area contributed by atoms with Gasteiger partial charge in [-0.05, 0) is 29.7 Å². The molecule has 3 nitrogen and oxygen atoms in total. The van der Waals surface area contributed by atoms with Gasteiger partial charge in [-0.1, -0.05) is 25.4 Å². The molecule has 0 radical (unpaired) electrons. The largest absolute Gasteiger partial charge is 0.284 e. The third-order valence-electron chi connectivity index (χ3n) is 1.92. The fraction of sp³-hybridized carbons (Fsp3) is 0.400. The van der Waals surface area contributed by atoms with Gasteiger partial charge in [0.05, 0.1) is 6.26 Å². The summed E-state index contributed by atoms with van der Waals surface area (Å²) >= 11 is 5.99. The molecular weight excluding hydrogens is 234 g/mol. The van der Waals surface area contributed by atoms with Crippen molar-refractivity contribution in [2.24, 2.45) is 0 Å². The number of hydrogen-bond acceptors (Lipinski definition) is 2. The predicted molar refractivity (Wildman–Crippen MR) is 64.0 cm³/mol. The second kappa shape index (κ2) is 4.41. The van der Waals surface area contributed by atoms with Crippen molar-refractivity contribution in [1.29, 1.82) is 0 Å². The van der Waals surface area contributed by atoms with E-state index < -0.39 is 10.0 Å². The van der Waals surface area contributed by atoms with E-state index in [2.05, 4.69) is 4.72 Å². The number of anilines is 1. The summed E-state index contributed by atoms with van der Waals surface area (Å²) in [6, 6.07) is 5.10.